The average molecular weight is 177 g/mol. The molecule has 0 spiro atoms. The van der Waals surface area contributed by atoms with E-state index in [0.29, 0.717) is 12.1 Å². The van der Waals surface area contributed by atoms with E-state index >= 15 is 0 Å². The van der Waals surface area contributed by atoms with Crippen LogP contribution in [0.5, 0.6) is 0 Å². The topological polar surface area (TPSA) is 29.1 Å². The van der Waals surface area contributed by atoms with Gasteiger partial charge in [-0.15, -0.1) is 0 Å². The van der Waals surface area contributed by atoms with Gasteiger partial charge in [-0.3, -0.25) is 4.21 Å². The van der Waals surface area contributed by atoms with Crippen molar-refractivity contribution < 1.29 is 4.21 Å². The SMILES string of the molecule is CC(C)NC(C)CCS(C)=O. The molecule has 0 radical (unpaired) electrons. The highest BCUT2D eigenvalue weighted by atomic mass is 32.2. The molecule has 2 nitrogen and oxygen atoms in total. The molecule has 0 aliphatic carbocycles. The van der Waals surface area contributed by atoms with Crippen LogP contribution in [-0.2, 0) is 10.8 Å². The second-order valence-electron chi connectivity index (χ2n) is 3.29. The van der Waals surface area contributed by atoms with E-state index < -0.39 is 10.8 Å². The molecule has 2 unspecified atom stereocenters. The zero-order valence-electron chi connectivity index (χ0n) is 7.89. The summed E-state index contributed by atoms with van der Waals surface area (Å²) in [6.45, 7) is 6.38. The monoisotopic (exact) mass is 177 g/mol. The van der Waals surface area contributed by atoms with Crippen LogP contribution in [0.25, 0.3) is 0 Å². The molecule has 0 heterocycles. The van der Waals surface area contributed by atoms with Gasteiger partial charge in [0.1, 0.15) is 0 Å². The minimum Gasteiger partial charge on any atom is -0.312 e. The van der Waals surface area contributed by atoms with E-state index in [1.165, 1.54) is 0 Å². The summed E-state index contributed by atoms with van der Waals surface area (Å²) in [6.07, 6.45) is 2.75. The van der Waals surface area contributed by atoms with Crippen molar-refractivity contribution in [2.75, 3.05) is 12.0 Å². The first-order chi connectivity index (χ1) is 5.02. The Bertz CT molecular complexity index is 125. The highest BCUT2D eigenvalue weighted by molar-refractivity contribution is 7.84. The normalized spacial score (nSPS) is 16.8. The zero-order chi connectivity index (χ0) is 8.85. The Morgan fingerprint density at radius 2 is 1.91 bits per heavy atom. The summed E-state index contributed by atoms with van der Waals surface area (Å²) in [5, 5.41) is 3.36. The van der Waals surface area contributed by atoms with Gasteiger partial charge in [-0.25, -0.2) is 0 Å². The summed E-state index contributed by atoms with van der Waals surface area (Å²) in [5.41, 5.74) is 0. The van der Waals surface area contributed by atoms with Gasteiger partial charge in [0.05, 0.1) is 0 Å². The molecule has 0 aliphatic rings. The van der Waals surface area contributed by atoms with Crippen LogP contribution in [0.3, 0.4) is 0 Å². The van der Waals surface area contributed by atoms with Crippen molar-refractivity contribution in [3.63, 3.8) is 0 Å². The van der Waals surface area contributed by atoms with E-state index in [9.17, 15) is 4.21 Å². The average Bonchev–Trinajstić information content (AvgIpc) is 1.82. The van der Waals surface area contributed by atoms with Crippen molar-refractivity contribution in [3.8, 4) is 0 Å². The summed E-state index contributed by atoms with van der Waals surface area (Å²) in [4.78, 5) is 0. The van der Waals surface area contributed by atoms with Crippen LogP contribution in [0.4, 0.5) is 0 Å². The quantitative estimate of drug-likeness (QED) is 0.682. The lowest BCUT2D eigenvalue weighted by molar-refractivity contribution is 0.480. The van der Waals surface area contributed by atoms with Crippen molar-refractivity contribution in [1.82, 2.24) is 5.32 Å². The highest BCUT2D eigenvalue weighted by Gasteiger charge is 2.03. The van der Waals surface area contributed by atoms with E-state index in [4.69, 9.17) is 0 Å². The largest absolute Gasteiger partial charge is 0.312 e. The fraction of sp³-hybridized carbons (Fsp3) is 1.00. The second kappa shape index (κ2) is 5.72. The number of hydrogen-bond acceptors (Lipinski definition) is 2. The van der Waals surface area contributed by atoms with Gasteiger partial charge < -0.3 is 5.32 Å². The molecule has 0 fully saturated rings. The fourth-order valence-electron chi connectivity index (χ4n) is 0.995. The summed E-state index contributed by atoms with van der Waals surface area (Å²) in [7, 11) is -0.641. The first kappa shape index (κ1) is 11.1. The molecule has 0 saturated carbocycles. The number of rotatable bonds is 5. The smallest absolute Gasteiger partial charge is 0.0246 e. The molecule has 3 heteroatoms. The summed E-state index contributed by atoms with van der Waals surface area (Å²) < 4.78 is 10.7. The first-order valence-corrected chi connectivity index (χ1v) is 5.81. The van der Waals surface area contributed by atoms with Crippen LogP contribution >= 0.6 is 0 Å². The second-order valence-corrected chi connectivity index (χ2v) is 4.84. The first-order valence-electron chi connectivity index (χ1n) is 4.08. The van der Waals surface area contributed by atoms with Crippen molar-refractivity contribution in [2.45, 2.75) is 39.3 Å². The molecule has 1 N–H and O–H groups in total. The van der Waals surface area contributed by atoms with Gasteiger partial charge in [0, 0.05) is 34.9 Å². The van der Waals surface area contributed by atoms with Gasteiger partial charge in [0.15, 0.2) is 0 Å². The fourth-order valence-corrected chi connectivity index (χ4v) is 1.68. The standard InChI is InChI=1S/C8H19NOS/c1-7(2)9-8(3)5-6-11(4)10/h7-9H,5-6H2,1-4H3. The van der Waals surface area contributed by atoms with Crippen LogP contribution in [0.15, 0.2) is 0 Å². The van der Waals surface area contributed by atoms with E-state index in [-0.39, 0.29) is 0 Å². The summed E-state index contributed by atoms with van der Waals surface area (Å²) in [6, 6.07) is 1.01. The molecular weight excluding hydrogens is 158 g/mol. The zero-order valence-corrected chi connectivity index (χ0v) is 8.70. The minimum absolute atomic E-state index is 0.485. The third-order valence-corrected chi connectivity index (χ3v) is 2.27. The van der Waals surface area contributed by atoms with Gasteiger partial charge in [0.25, 0.3) is 0 Å². The Hall–Kier alpha value is 0.110. The third-order valence-electron chi connectivity index (χ3n) is 1.46. The molecule has 0 aromatic carbocycles. The van der Waals surface area contributed by atoms with Gasteiger partial charge in [-0.1, -0.05) is 13.8 Å². The van der Waals surface area contributed by atoms with Gasteiger partial charge >= 0.3 is 0 Å². The molecule has 11 heavy (non-hydrogen) atoms. The van der Waals surface area contributed by atoms with Crippen LogP contribution in [-0.4, -0.2) is 28.3 Å². The van der Waals surface area contributed by atoms with Crippen molar-refractivity contribution in [2.24, 2.45) is 0 Å². The number of nitrogens with one attached hydrogen (secondary N) is 1. The highest BCUT2D eigenvalue weighted by Crippen LogP contribution is 1.94. The third kappa shape index (κ3) is 8.01. The molecule has 0 aromatic rings. The Kier molecular flexibility index (Phi) is 5.78. The van der Waals surface area contributed by atoms with E-state index in [1.807, 2.05) is 0 Å². The maximum Gasteiger partial charge on any atom is 0.0246 e. The van der Waals surface area contributed by atoms with E-state index in [1.54, 1.807) is 6.26 Å². The molecular formula is C8H19NOS. The van der Waals surface area contributed by atoms with Gasteiger partial charge in [0.2, 0.25) is 0 Å². The van der Waals surface area contributed by atoms with Crippen molar-refractivity contribution >= 4 is 10.8 Å². The van der Waals surface area contributed by atoms with Gasteiger partial charge in [-0.05, 0) is 13.3 Å². The lowest BCUT2D eigenvalue weighted by atomic mass is 10.2. The lowest BCUT2D eigenvalue weighted by Gasteiger charge is -2.15. The maximum absolute atomic E-state index is 10.7. The van der Waals surface area contributed by atoms with Crippen molar-refractivity contribution in [3.05, 3.63) is 0 Å². The van der Waals surface area contributed by atoms with Crippen LogP contribution < -0.4 is 5.32 Å². The Morgan fingerprint density at radius 3 is 2.27 bits per heavy atom. The molecule has 68 valence electrons. The van der Waals surface area contributed by atoms with Gasteiger partial charge in [-0.2, -0.15) is 0 Å². The molecule has 0 saturated heterocycles. The molecule has 0 aromatic heterocycles. The van der Waals surface area contributed by atoms with Crippen molar-refractivity contribution in [1.29, 1.82) is 0 Å². The predicted octanol–water partition coefficient (Wildman–Crippen LogP) is 1.14. The maximum atomic E-state index is 10.7. The minimum atomic E-state index is -0.641. The molecule has 2 atom stereocenters. The molecule has 0 aliphatic heterocycles. The van der Waals surface area contributed by atoms with Crippen LogP contribution in [0.2, 0.25) is 0 Å². The number of hydrogen-bond donors (Lipinski definition) is 1. The molecule has 0 rings (SSSR count). The van der Waals surface area contributed by atoms with Crippen LogP contribution in [0.1, 0.15) is 27.2 Å². The lowest BCUT2D eigenvalue weighted by Crippen LogP contribution is -2.33. The molecule has 0 bridgehead atoms. The molecule has 0 amide bonds. The Balaban J connectivity index is 3.37. The Labute approximate surface area is 72.2 Å². The summed E-state index contributed by atoms with van der Waals surface area (Å²) >= 11 is 0. The summed E-state index contributed by atoms with van der Waals surface area (Å²) in [5.74, 6) is 0.806. The van der Waals surface area contributed by atoms with E-state index in [2.05, 4.69) is 26.1 Å². The predicted molar refractivity (Wildman–Crippen MR) is 51.3 cm³/mol. The van der Waals surface area contributed by atoms with Crippen LogP contribution in [0, 0.1) is 0 Å². The Morgan fingerprint density at radius 1 is 1.36 bits per heavy atom. The van der Waals surface area contributed by atoms with E-state index in [0.717, 1.165) is 12.2 Å².